The topological polar surface area (TPSA) is 50.8 Å². The molecule has 0 bridgehead atoms. The van der Waals surface area contributed by atoms with Gasteiger partial charge in [-0.2, -0.15) is 0 Å². The van der Waals surface area contributed by atoms with Crippen molar-refractivity contribution in [3.8, 4) is 11.5 Å². The fourth-order valence-electron chi connectivity index (χ4n) is 2.78. The van der Waals surface area contributed by atoms with Crippen LogP contribution in [-0.4, -0.2) is 31.2 Å². The summed E-state index contributed by atoms with van der Waals surface area (Å²) in [6.45, 7) is 3.75. The molecule has 1 aromatic carbocycles. The number of para-hydroxylation sites is 1. The van der Waals surface area contributed by atoms with Crippen molar-refractivity contribution < 1.29 is 14.3 Å². The van der Waals surface area contributed by atoms with Gasteiger partial charge in [-0.05, 0) is 30.9 Å². The number of benzene rings is 1. The van der Waals surface area contributed by atoms with E-state index in [-0.39, 0.29) is 12.1 Å². The summed E-state index contributed by atoms with van der Waals surface area (Å²) in [5.41, 5.74) is 0.966. The van der Waals surface area contributed by atoms with Gasteiger partial charge in [0.25, 0.3) is 0 Å². The van der Waals surface area contributed by atoms with Crippen LogP contribution in [0.25, 0.3) is 0 Å². The molecule has 2 amide bonds. The number of hydrogen-bond donors (Lipinski definition) is 1. The first-order valence-electron chi connectivity index (χ1n) is 8.06. The molecule has 0 saturated heterocycles. The Labute approximate surface area is 146 Å². The van der Waals surface area contributed by atoms with Gasteiger partial charge < -0.3 is 19.7 Å². The van der Waals surface area contributed by atoms with Gasteiger partial charge in [0, 0.05) is 17.0 Å². The molecule has 0 saturated carbocycles. The molecule has 24 heavy (non-hydrogen) atoms. The Morgan fingerprint density at radius 1 is 1.38 bits per heavy atom. The van der Waals surface area contributed by atoms with E-state index in [1.54, 1.807) is 18.4 Å². The number of nitrogens with one attached hydrogen (secondary N) is 1. The zero-order valence-electron chi connectivity index (χ0n) is 14.0. The second-order valence-corrected chi connectivity index (χ2v) is 6.74. The number of thiophene rings is 1. The average molecular weight is 346 g/mol. The number of rotatable bonds is 3. The highest BCUT2D eigenvalue weighted by atomic mass is 32.1. The molecular weight excluding hydrogens is 324 g/mol. The van der Waals surface area contributed by atoms with Crippen LogP contribution >= 0.6 is 11.3 Å². The van der Waals surface area contributed by atoms with Gasteiger partial charge in [-0.15, -0.1) is 11.3 Å². The summed E-state index contributed by atoms with van der Waals surface area (Å²) in [6, 6.07) is 9.77. The average Bonchev–Trinajstić information content (AvgIpc) is 3.09. The third-order valence-corrected chi connectivity index (χ3v) is 5.11. The number of carbonyl (C=O) groups is 1. The second kappa shape index (κ2) is 7.57. The Morgan fingerprint density at radius 3 is 3.00 bits per heavy atom. The fraction of sp³-hybridized carbons (Fsp3) is 0.389. The molecule has 1 aromatic heterocycles. The molecular formula is C18H22N2O3S. The molecule has 6 heteroatoms. The van der Waals surface area contributed by atoms with E-state index in [2.05, 4.69) is 5.32 Å². The van der Waals surface area contributed by atoms with Crippen LogP contribution in [0.1, 0.15) is 29.8 Å². The first-order valence-corrected chi connectivity index (χ1v) is 8.94. The van der Waals surface area contributed by atoms with Crippen molar-refractivity contribution in [1.82, 2.24) is 10.2 Å². The van der Waals surface area contributed by atoms with Gasteiger partial charge in [-0.1, -0.05) is 18.2 Å². The minimum atomic E-state index is -0.0495. The summed E-state index contributed by atoms with van der Waals surface area (Å²) in [5.74, 6) is 1.45. The molecule has 1 aliphatic rings. The second-order valence-electron chi connectivity index (χ2n) is 5.76. The molecule has 0 radical (unpaired) electrons. The number of carbonyl (C=O) groups excluding carboxylic acids is 1. The summed E-state index contributed by atoms with van der Waals surface area (Å²) in [6.07, 6.45) is 0.790. The highest BCUT2D eigenvalue weighted by Crippen LogP contribution is 2.33. The van der Waals surface area contributed by atoms with Crippen LogP contribution in [0.3, 0.4) is 0 Å². The van der Waals surface area contributed by atoms with E-state index in [0.717, 1.165) is 22.6 Å². The summed E-state index contributed by atoms with van der Waals surface area (Å²) >= 11 is 1.65. The van der Waals surface area contributed by atoms with E-state index in [1.165, 1.54) is 0 Å². The van der Waals surface area contributed by atoms with E-state index in [0.29, 0.717) is 25.4 Å². The van der Waals surface area contributed by atoms with Gasteiger partial charge in [0.15, 0.2) is 11.5 Å². The number of ether oxygens (including phenoxy) is 2. The lowest BCUT2D eigenvalue weighted by atomic mass is 10.1. The molecule has 2 heterocycles. The van der Waals surface area contributed by atoms with Gasteiger partial charge >= 0.3 is 6.03 Å². The maximum absolute atomic E-state index is 12.7. The van der Waals surface area contributed by atoms with Gasteiger partial charge in [-0.3, -0.25) is 0 Å². The van der Waals surface area contributed by atoms with Crippen LogP contribution in [0, 0.1) is 0 Å². The molecule has 0 unspecified atom stereocenters. The predicted molar refractivity (Wildman–Crippen MR) is 94.8 cm³/mol. The monoisotopic (exact) mass is 346 g/mol. The number of amides is 2. The van der Waals surface area contributed by atoms with Gasteiger partial charge in [0.2, 0.25) is 0 Å². The minimum Gasteiger partial charge on any atom is -0.493 e. The first kappa shape index (κ1) is 16.6. The van der Waals surface area contributed by atoms with Crippen molar-refractivity contribution in [2.75, 3.05) is 20.3 Å². The molecule has 0 fully saturated rings. The van der Waals surface area contributed by atoms with Crippen LogP contribution in [-0.2, 0) is 6.54 Å². The number of methoxy groups -OCH3 is 1. The van der Waals surface area contributed by atoms with Gasteiger partial charge in [0.1, 0.15) is 0 Å². The molecule has 0 aliphatic carbocycles. The van der Waals surface area contributed by atoms with E-state index < -0.39 is 0 Å². The summed E-state index contributed by atoms with van der Waals surface area (Å²) in [4.78, 5) is 15.7. The van der Waals surface area contributed by atoms with E-state index in [9.17, 15) is 4.79 Å². The number of fused-ring (bicyclic) bond motifs is 1. The quantitative estimate of drug-likeness (QED) is 0.919. The smallest absolute Gasteiger partial charge is 0.318 e. The van der Waals surface area contributed by atoms with Crippen molar-refractivity contribution in [1.29, 1.82) is 0 Å². The van der Waals surface area contributed by atoms with Crippen LogP contribution in [0.4, 0.5) is 4.79 Å². The molecule has 5 nitrogen and oxygen atoms in total. The SMILES string of the molecule is COc1cccc2c1OCCCN(C(=O)N[C@@H](C)c1cccs1)C2. The lowest BCUT2D eigenvalue weighted by molar-refractivity contribution is 0.177. The zero-order valence-corrected chi connectivity index (χ0v) is 14.8. The van der Waals surface area contributed by atoms with Crippen molar-refractivity contribution >= 4 is 17.4 Å². The number of nitrogens with zero attached hydrogens (tertiary/aromatic N) is 1. The van der Waals surface area contributed by atoms with Crippen molar-refractivity contribution in [2.45, 2.75) is 25.9 Å². The lowest BCUT2D eigenvalue weighted by Gasteiger charge is -2.28. The van der Waals surface area contributed by atoms with Crippen LogP contribution < -0.4 is 14.8 Å². The van der Waals surface area contributed by atoms with Crippen LogP contribution in [0.5, 0.6) is 11.5 Å². The van der Waals surface area contributed by atoms with Gasteiger partial charge in [0.05, 0.1) is 26.3 Å². The Bertz CT molecular complexity index is 688. The largest absolute Gasteiger partial charge is 0.493 e. The van der Waals surface area contributed by atoms with Gasteiger partial charge in [-0.25, -0.2) is 4.79 Å². The Balaban J connectivity index is 1.74. The highest BCUT2D eigenvalue weighted by Gasteiger charge is 2.22. The molecule has 3 rings (SSSR count). The summed E-state index contributed by atoms with van der Waals surface area (Å²) in [5, 5.41) is 5.11. The third kappa shape index (κ3) is 3.64. The lowest BCUT2D eigenvalue weighted by Crippen LogP contribution is -2.42. The van der Waals surface area contributed by atoms with E-state index in [4.69, 9.17) is 9.47 Å². The van der Waals surface area contributed by atoms with Crippen molar-refractivity contribution in [3.05, 3.63) is 46.2 Å². The minimum absolute atomic E-state index is 0.00368. The molecule has 1 aliphatic heterocycles. The molecule has 0 spiro atoms. The Kier molecular flexibility index (Phi) is 5.25. The van der Waals surface area contributed by atoms with Crippen LogP contribution in [0.2, 0.25) is 0 Å². The fourth-order valence-corrected chi connectivity index (χ4v) is 3.52. The Morgan fingerprint density at radius 2 is 2.25 bits per heavy atom. The van der Waals surface area contributed by atoms with Crippen molar-refractivity contribution in [2.24, 2.45) is 0 Å². The third-order valence-electron chi connectivity index (χ3n) is 4.06. The standard InChI is InChI=1S/C18H22N2O3S/c1-13(16-8-4-11-24-16)19-18(21)20-9-5-10-23-17-14(12-20)6-3-7-15(17)22-2/h3-4,6-8,11,13H,5,9-10,12H2,1-2H3,(H,19,21)/t13-/m0/s1. The highest BCUT2D eigenvalue weighted by molar-refractivity contribution is 7.10. The normalized spacial score (nSPS) is 15.5. The van der Waals surface area contributed by atoms with Crippen LogP contribution in [0.15, 0.2) is 35.7 Å². The van der Waals surface area contributed by atoms with E-state index >= 15 is 0 Å². The van der Waals surface area contributed by atoms with E-state index in [1.807, 2.05) is 47.5 Å². The maximum Gasteiger partial charge on any atom is 0.318 e. The molecule has 1 atom stereocenters. The predicted octanol–water partition coefficient (Wildman–Crippen LogP) is 3.81. The number of urea groups is 1. The Hall–Kier alpha value is -2.21. The van der Waals surface area contributed by atoms with Crippen molar-refractivity contribution in [3.63, 3.8) is 0 Å². The molecule has 2 aromatic rings. The summed E-state index contributed by atoms with van der Waals surface area (Å²) < 4.78 is 11.2. The summed E-state index contributed by atoms with van der Waals surface area (Å²) in [7, 11) is 1.63. The zero-order chi connectivity index (χ0) is 16.9. The molecule has 128 valence electrons. The maximum atomic E-state index is 12.7. The molecule has 1 N–H and O–H groups in total. The first-order chi connectivity index (χ1) is 11.7. The number of hydrogen-bond acceptors (Lipinski definition) is 4.